The Morgan fingerprint density at radius 3 is 2.52 bits per heavy atom. The summed E-state index contributed by atoms with van der Waals surface area (Å²) < 4.78 is 0. The zero-order valence-electron chi connectivity index (χ0n) is 14.4. The second kappa shape index (κ2) is 7.45. The fourth-order valence-electron chi connectivity index (χ4n) is 4.12. The molecule has 1 aliphatic rings. The van der Waals surface area contributed by atoms with Crippen LogP contribution in [0.5, 0.6) is 0 Å². The van der Waals surface area contributed by atoms with Gasteiger partial charge in [0.05, 0.1) is 0 Å². The van der Waals surface area contributed by atoms with E-state index in [1.807, 2.05) is 0 Å². The summed E-state index contributed by atoms with van der Waals surface area (Å²) in [6.07, 6.45) is 6.55. The normalized spacial score (nSPS) is 26.8. The van der Waals surface area contributed by atoms with Crippen LogP contribution in [0.25, 0.3) is 0 Å². The summed E-state index contributed by atoms with van der Waals surface area (Å²) in [6.45, 7) is 10.8. The van der Waals surface area contributed by atoms with E-state index in [2.05, 4.69) is 63.3 Å². The number of benzene rings is 1. The summed E-state index contributed by atoms with van der Waals surface area (Å²) in [5.41, 5.74) is 1.85. The molecule has 1 fully saturated rings. The van der Waals surface area contributed by atoms with E-state index in [1.54, 1.807) is 0 Å². The monoisotopic (exact) mass is 287 g/mol. The van der Waals surface area contributed by atoms with Gasteiger partial charge in [0.1, 0.15) is 0 Å². The third-order valence-electron chi connectivity index (χ3n) is 5.28. The fourth-order valence-corrected chi connectivity index (χ4v) is 4.12. The Labute approximate surface area is 131 Å². The highest BCUT2D eigenvalue weighted by molar-refractivity contribution is 5.16. The lowest BCUT2D eigenvalue weighted by Crippen LogP contribution is -2.47. The third-order valence-corrected chi connectivity index (χ3v) is 5.28. The van der Waals surface area contributed by atoms with Crippen molar-refractivity contribution in [3.63, 3.8) is 0 Å². The van der Waals surface area contributed by atoms with Gasteiger partial charge >= 0.3 is 0 Å². The van der Waals surface area contributed by atoms with Gasteiger partial charge in [-0.1, -0.05) is 64.4 Å². The van der Waals surface area contributed by atoms with Gasteiger partial charge in [-0.2, -0.15) is 0 Å². The number of hydrogen-bond acceptors (Lipinski definition) is 1. The van der Waals surface area contributed by atoms with Crippen molar-refractivity contribution in [2.24, 2.45) is 17.3 Å². The van der Waals surface area contributed by atoms with Crippen LogP contribution in [0.3, 0.4) is 0 Å². The van der Waals surface area contributed by atoms with Gasteiger partial charge in [-0.05, 0) is 55.0 Å². The van der Waals surface area contributed by atoms with Gasteiger partial charge in [0.15, 0.2) is 0 Å². The average Bonchev–Trinajstić information content (AvgIpc) is 2.45. The van der Waals surface area contributed by atoms with Crippen molar-refractivity contribution in [3.8, 4) is 0 Å². The molecule has 0 amide bonds. The molecule has 1 aromatic rings. The van der Waals surface area contributed by atoms with Crippen molar-refractivity contribution in [2.75, 3.05) is 6.54 Å². The molecule has 0 spiro atoms. The molecule has 1 aromatic carbocycles. The first kappa shape index (κ1) is 16.5. The fraction of sp³-hybridized carbons (Fsp3) is 0.700. The predicted octanol–water partition coefficient (Wildman–Crippen LogP) is 5.06. The van der Waals surface area contributed by atoms with Crippen LogP contribution < -0.4 is 5.32 Å². The maximum atomic E-state index is 3.84. The van der Waals surface area contributed by atoms with Gasteiger partial charge in [0.2, 0.25) is 0 Å². The molecule has 21 heavy (non-hydrogen) atoms. The highest BCUT2D eigenvalue weighted by Crippen LogP contribution is 2.42. The first-order valence-electron chi connectivity index (χ1n) is 8.80. The maximum absolute atomic E-state index is 3.84. The van der Waals surface area contributed by atoms with Crippen LogP contribution >= 0.6 is 0 Å². The number of rotatable bonds is 6. The van der Waals surface area contributed by atoms with Crippen molar-refractivity contribution >= 4 is 0 Å². The molecule has 3 unspecified atom stereocenters. The smallest absolute Gasteiger partial charge is 0.0103 e. The van der Waals surface area contributed by atoms with Crippen LogP contribution in [0, 0.1) is 17.3 Å². The molecule has 0 aromatic heterocycles. The summed E-state index contributed by atoms with van der Waals surface area (Å²) >= 11 is 0. The summed E-state index contributed by atoms with van der Waals surface area (Å²) in [4.78, 5) is 0. The Morgan fingerprint density at radius 2 is 1.86 bits per heavy atom. The summed E-state index contributed by atoms with van der Waals surface area (Å²) in [5, 5.41) is 3.84. The third kappa shape index (κ3) is 4.57. The largest absolute Gasteiger partial charge is 0.314 e. The van der Waals surface area contributed by atoms with Crippen molar-refractivity contribution in [1.82, 2.24) is 5.32 Å². The van der Waals surface area contributed by atoms with Crippen LogP contribution in [-0.2, 0) is 6.42 Å². The van der Waals surface area contributed by atoms with E-state index in [0.29, 0.717) is 11.5 Å². The second-order valence-corrected chi connectivity index (χ2v) is 7.74. The molecule has 0 bridgehead atoms. The molecule has 1 heteroatoms. The Kier molecular flexibility index (Phi) is 5.87. The average molecular weight is 287 g/mol. The van der Waals surface area contributed by atoms with E-state index in [0.717, 1.165) is 18.4 Å². The molecular weight excluding hydrogens is 254 g/mol. The van der Waals surface area contributed by atoms with Gasteiger partial charge in [0.25, 0.3) is 0 Å². The molecule has 0 radical (unpaired) electrons. The van der Waals surface area contributed by atoms with Crippen LogP contribution in [0.15, 0.2) is 30.3 Å². The first-order valence-corrected chi connectivity index (χ1v) is 8.80. The van der Waals surface area contributed by atoms with Crippen LogP contribution in [0.1, 0.15) is 58.9 Å². The Morgan fingerprint density at radius 1 is 1.14 bits per heavy atom. The van der Waals surface area contributed by atoms with E-state index < -0.39 is 0 Å². The lowest BCUT2D eigenvalue weighted by Gasteiger charge is -2.45. The van der Waals surface area contributed by atoms with E-state index in [1.165, 1.54) is 37.7 Å². The van der Waals surface area contributed by atoms with E-state index in [-0.39, 0.29) is 0 Å². The molecule has 118 valence electrons. The van der Waals surface area contributed by atoms with E-state index in [4.69, 9.17) is 0 Å². The molecule has 1 saturated carbocycles. The quantitative estimate of drug-likeness (QED) is 0.771. The van der Waals surface area contributed by atoms with Crippen molar-refractivity contribution in [2.45, 2.75) is 65.8 Å². The number of hydrogen-bond donors (Lipinski definition) is 1. The summed E-state index contributed by atoms with van der Waals surface area (Å²) in [7, 11) is 0. The first-order chi connectivity index (χ1) is 10.0. The SMILES string of the molecule is CCCNC1CC(C)CCC1C(C)(C)Cc1ccccc1. The highest BCUT2D eigenvalue weighted by Gasteiger charge is 2.38. The lowest BCUT2D eigenvalue weighted by molar-refractivity contribution is 0.0941. The second-order valence-electron chi connectivity index (χ2n) is 7.74. The van der Waals surface area contributed by atoms with Crippen LogP contribution in [0.2, 0.25) is 0 Å². The van der Waals surface area contributed by atoms with E-state index in [9.17, 15) is 0 Å². The molecule has 3 atom stereocenters. The maximum Gasteiger partial charge on any atom is 0.0103 e. The predicted molar refractivity (Wildman–Crippen MR) is 92.5 cm³/mol. The van der Waals surface area contributed by atoms with Gasteiger partial charge in [-0.25, -0.2) is 0 Å². The van der Waals surface area contributed by atoms with Crippen molar-refractivity contribution in [3.05, 3.63) is 35.9 Å². The molecule has 0 heterocycles. The minimum atomic E-state index is 0.368. The summed E-state index contributed by atoms with van der Waals surface area (Å²) in [6, 6.07) is 11.7. The molecular formula is C20H33N. The molecule has 0 saturated heterocycles. The van der Waals surface area contributed by atoms with Crippen molar-refractivity contribution in [1.29, 1.82) is 0 Å². The van der Waals surface area contributed by atoms with E-state index >= 15 is 0 Å². The van der Waals surface area contributed by atoms with Gasteiger partial charge in [-0.15, -0.1) is 0 Å². The Balaban J connectivity index is 2.07. The minimum Gasteiger partial charge on any atom is -0.314 e. The molecule has 0 aliphatic heterocycles. The summed E-state index contributed by atoms with van der Waals surface area (Å²) in [5.74, 6) is 1.67. The van der Waals surface area contributed by atoms with Gasteiger partial charge in [0, 0.05) is 6.04 Å². The zero-order chi connectivity index (χ0) is 15.3. The van der Waals surface area contributed by atoms with Crippen LogP contribution in [-0.4, -0.2) is 12.6 Å². The molecule has 1 aliphatic carbocycles. The Hall–Kier alpha value is -0.820. The van der Waals surface area contributed by atoms with Gasteiger partial charge in [-0.3, -0.25) is 0 Å². The topological polar surface area (TPSA) is 12.0 Å². The number of nitrogens with one attached hydrogen (secondary N) is 1. The lowest BCUT2D eigenvalue weighted by atomic mass is 9.64. The highest BCUT2D eigenvalue weighted by atomic mass is 14.9. The standard InChI is InChI=1S/C20H33N/c1-5-13-21-19-14-16(2)11-12-18(19)20(3,4)15-17-9-7-6-8-10-17/h6-10,16,18-19,21H,5,11-15H2,1-4H3. The molecule has 2 rings (SSSR count). The van der Waals surface area contributed by atoms with Crippen molar-refractivity contribution < 1.29 is 0 Å². The van der Waals surface area contributed by atoms with Gasteiger partial charge < -0.3 is 5.32 Å². The molecule has 1 nitrogen and oxygen atoms in total. The Bertz CT molecular complexity index is 409. The zero-order valence-corrected chi connectivity index (χ0v) is 14.4. The molecule has 1 N–H and O–H groups in total. The minimum absolute atomic E-state index is 0.368. The van der Waals surface area contributed by atoms with Crippen LogP contribution in [0.4, 0.5) is 0 Å².